The third-order valence-corrected chi connectivity index (χ3v) is 2.91. The van der Waals surface area contributed by atoms with Gasteiger partial charge in [0.25, 0.3) is 0 Å². The highest BCUT2D eigenvalue weighted by molar-refractivity contribution is 5.82. The average molecular weight is 241 g/mol. The summed E-state index contributed by atoms with van der Waals surface area (Å²) in [5.41, 5.74) is 5.90. The van der Waals surface area contributed by atoms with Crippen molar-refractivity contribution in [3.05, 3.63) is 0 Å². The summed E-state index contributed by atoms with van der Waals surface area (Å²) >= 11 is 0. The molecule has 0 aromatic carbocycles. The van der Waals surface area contributed by atoms with E-state index in [1.165, 1.54) is 0 Å². The van der Waals surface area contributed by atoms with Gasteiger partial charge >= 0.3 is 0 Å². The third kappa shape index (κ3) is 5.66. The van der Waals surface area contributed by atoms with Gasteiger partial charge in [-0.3, -0.25) is 4.79 Å². The zero-order valence-electron chi connectivity index (χ0n) is 11.0. The number of carbonyl (C=O) groups is 1. The zero-order chi connectivity index (χ0) is 13.3. The Morgan fingerprint density at radius 2 is 2.18 bits per heavy atom. The van der Waals surface area contributed by atoms with Crippen LogP contribution in [0.2, 0.25) is 0 Å². The second-order valence-corrected chi connectivity index (χ2v) is 4.14. The van der Waals surface area contributed by atoms with Gasteiger partial charge in [0.05, 0.1) is 25.1 Å². The van der Waals surface area contributed by atoms with Gasteiger partial charge in [-0.1, -0.05) is 20.3 Å². The standard InChI is InChI=1S/C12H23N3O2/c1-4-10(2)11(14)12(16)15(7-5-6-13)8-9-17-3/h10-11H,4-5,7-9,14H2,1-3H3. The van der Waals surface area contributed by atoms with E-state index in [9.17, 15) is 4.79 Å². The Morgan fingerprint density at radius 1 is 1.53 bits per heavy atom. The molecule has 1 amide bonds. The normalized spacial score (nSPS) is 13.8. The lowest BCUT2D eigenvalue weighted by Crippen LogP contribution is -2.48. The number of carbonyl (C=O) groups excluding carboxylic acids is 1. The van der Waals surface area contributed by atoms with E-state index in [0.717, 1.165) is 6.42 Å². The van der Waals surface area contributed by atoms with Crippen molar-refractivity contribution in [1.29, 1.82) is 5.26 Å². The maximum Gasteiger partial charge on any atom is 0.239 e. The van der Waals surface area contributed by atoms with Crippen LogP contribution in [0.1, 0.15) is 26.7 Å². The molecule has 0 heterocycles. The highest BCUT2D eigenvalue weighted by Gasteiger charge is 2.24. The Labute approximate surface area is 104 Å². The first-order valence-electron chi connectivity index (χ1n) is 5.98. The summed E-state index contributed by atoms with van der Waals surface area (Å²) < 4.78 is 4.95. The molecule has 0 fully saturated rings. The molecule has 5 heteroatoms. The van der Waals surface area contributed by atoms with Crippen molar-refractivity contribution in [3.63, 3.8) is 0 Å². The van der Waals surface area contributed by atoms with Gasteiger partial charge in [-0.05, 0) is 5.92 Å². The summed E-state index contributed by atoms with van der Waals surface area (Å²) in [6.45, 7) is 5.34. The van der Waals surface area contributed by atoms with Gasteiger partial charge in [0, 0.05) is 20.2 Å². The van der Waals surface area contributed by atoms with Crippen LogP contribution in [0, 0.1) is 17.2 Å². The lowest BCUT2D eigenvalue weighted by molar-refractivity contribution is -0.134. The van der Waals surface area contributed by atoms with Gasteiger partial charge < -0.3 is 15.4 Å². The van der Waals surface area contributed by atoms with E-state index in [4.69, 9.17) is 15.7 Å². The smallest absolute Gasteiger partial charge is 0.239 e. The van der Waals surface area contributed by atoms with Crippen molar-refractivity contribution in [2.75, 3.05) is 26.8 Å². The lowest BCUT2D eigenvalue weighted by Gasteiger charge is -2.27. The minimum absolute atomic E-state index is 0.0911. The summed E-state index contributed by atoms with van der Waals surface area (Å²) in [5, 5.41) is 8.57. The van der Waals surface area contributed by atoms with E-state index >= 15 is 0 Å². The first kappa shape index (κ1) is 15.9. The zero-order valence-corrected chi connectivity index (χ0v) is 11.0. The molecule has 98 valence electrons. The summed E-state index contributed by atoms with van der Waals surface area (Å²) in [7, 11) is 1.58. The van der Waals surface area contributed by atoms with Crippen LogP contribution >= 0.6 is 0 Å². The van der Waals surface area contributed by atoms with Crippen molar-refractivity contribution < 1.29 is 9.53 Å². The first-order valence-corrected chi connectivity index (χ1v) is 5.98. The molecule has 0 aliphatic rings. The maximum atomic E-state index is 12.1. The summed E-state index contributed by atoms with van der Waals surface area (Å²) in [6, 6.07) is 1.55. The van der Waals surface area contributed by atoms with Crippen molar-refractivity contribution >= 4 is 5.91 Å². The molecule has 17 heavy (non-hydrogen) atoms. The van der Waals surface area contributed by atoms with Crippen LogP contribution in [0.5, 0.6) is 0 Å². The molecule has 2 unspecified atom stereocenters. The molecule has 0 radical (unpaired) electrons. The molecule has 0 bridgehead atoms. The number of nitrogens with zero attached hydrogens (tertiary/aromatic N) is 2. The molecule has 0 aromatic heterocycles. The highest BCUT2D eigenvalue weighted by Crippen LogP contribution is 2.08. The average Bonchev–Trinajstić information content (AvgIpc) is 2.36. The molecule has 5 nitrogen and oxygen atoms in total. The maximum absolute atomic E-state index is 12.1. The number of rotatable bonds is 8. The van der Waals surface area contributed by atoms with Crippen LogP contribution in [0.25, 0.3) is 0 Å². The minimum atomic E-state index is -0.490. The summed E-state index contributed by atoms with van der Waals surface area (Å²) in [4.78, 5) is 13.7. The number of ether oxygens (including phenoxy) is 1. The number of hydrogen-bond donors (Lipinski definition) is 1. The van der Waals surface area contributed by atoms with Crippen LogP contribution in [0.3, 0.4) is 0 Å². The quantitative estimate of drug-likeness (QED) is 0.680. The number of methoxy groups -OCH3 is 1. The minimum Gasteiger partial charge on any atom is -0.383 e. The van der Waals surface area contributed by atoms with Crippen LogP contribution in [0.15, 0.2) is 0 Å². The van der Waals surface area contributed by atoms with E-state index in [1.54, 1.807) is 12.0 Å². The molecule has 0 spiro atoms. The van der Waals surface area contributed by atoms with Gasteiger partial charge in [0.2, 0.25) is 5.91 Å². The van der Waals surface area contributed by atoms with Gasteiger partial charge in [0.1, 0.15) is 0 Å². The fraction of sp³-hybridized carbons (Fsp3) is 0.833. The Morgan fingerprint density at radius 3 is 2.65 bits per heavy atom. The highest BCUT2D eigenvalue weighted by atomic mass is 16.5. The first-order chi connectivity index (χ1) is 8.08. The second kappa shape index (κ2) is 8.97. The van der Waals surface area contributed by atoms with E-state index in [2.05, 4.69) is 0 Å². The van der Waals surface area contributed by atoms with E-state index in [-0.39, 0.29) is 11.8 Å². The largest absolute Gasteiger partial charge is 0.383 e. The molecule has 0 saturated carbocycles. The van der Waals surface area contributed by atoms with Crippen LogP contribution in [-0.4, -0.2) is 43.7 Å². The van der Waals surface area contributed by atoms with Gasteiger partial charge in [-0.15, -0.1) is 0 Å². The van der Waals surface area contributed by atoms with Crippen LogP contribution in [-0.2, 0) is 9.53 Å². The predicted octanol–water partition coefficient (Wildman–Crippen LogP) is 0.748. The van der Waals surface area contributed by atoms with Gasteiger partial charge in [0.15, 0.2) is 0 Å². The van der Waals surface area contributed by atoms with Crippen LogP contribution < -0.4 is 5.73 Å². The molecule has 0 aliphatic heterocycles. The SMILES string of the molecule is CCC(C)C(N)C(=O)N(CCC#N)CCOC. The Balaban J connectivity index is 4.44. The van der Waals surface area contributed by atoms with E-state index < -0.39 is 6.04 Å². The number of hydrogen-bond acceptors (Lipinski definition) is 4. The molecule has 0 aliphatic carbocycles. The number of nitrogens with two attached hydrogens (primary N) is 1. The van der Waals surface area contributed by atoms with Gasteiger partial charge in [-0.2, -0.15) is 5.26 Å². The number of amides is 1. The summed E-state index contributed by atoms with van der Waals surface area (Å²) in [6.07, 6.45) is 1.19. The van der Waals surface area contributed by atoms with Crippen LogP contribution in [0.4, 0.5) is 0 Å². The van der Waals surface area contributed by atoms with E-state index in [1.807, 2.05) is 19.9 Å². The third-order valence-electron chi connectivity index (χ3n) is 2.91. The van der Waals surface area contributed by atoms with Gasteiger partial charge in [-0.25, -0.2) is 0 Å². The van der Waals surface area contributed by atoms with E-state index in [0.29, 0.717) is 26.1 Å². The topological polar surface area (TPSA) is 79.4 Å². The fourth-order valence-corrected chi connectivity index (χ4v) is 1.43. The summed E-state index contributed by atoms with van der Waals surface area (Å²) in [5.74, 6) is 0.0567. The molecule has 0 aromatic rings. The molecular weight excluding hydrogens is 218 g/mol. The second-order valence-electron chi connectivity index (χ2n) is 4.14. The number of nitriles is 1. The molecule has 2 N–H and O–H groups in total. The van der Waals surface area contributed by atoms with Crippen molar-refractivity contribution in [1.82, 2.24) is 4.90 Å². The van der Waals surface area contributed by atoms with Crippen molar-refractivity contribution in [2.24, 2.45) is 11.7 Å². The van der Waals surface area contributed by atoms with Crippen molar-refractivity contribution in [2.45, 2.75) is 32.7 Å². The predicted molar refractivity (Wildman–Crippen MR) is 66.1 cm³/mol. The molecule has 2 atom stereocenters. The Kier molecular flexibility index (Phi) is 8.38. The lowest BCUT2D eigenvalue weighted by atomic mass is 9.99. The molecular formula is C12H23N3O2. The fourth-order valence-electron chi connectivity index (χ4n) is 1.43. The Hall–Kier alpha value is -1.12. The Bertz CT molecular complexity index is 263. The van der Waals surface area contributed by atoms with Crippen molar-refractivity contribution in [3.8, 4) is 6.07 Å². The molecule has 0 rings (SSSR count). The molecule has 0 saturated heterocycles. The monoisotopic (exact) mass is 241 g/mol.